The standard InChI is InChI=1S/C12H19N3O2/c1-17-11-6-7-12(16)15(14-11)9-3-2-8-13-10-4-5-10/h6-7,10,13H,2-5,8-9H2,1H3. The molecule has 1 aliphatic carbocycles. The van der Waals surface area contributed by atoms with Crippen molar-refractivity contribution in [1.82, 2.24) is 15.1 Å². The lowest BCUT2D eigenvalue weighted by atomic mass is 10.3. The van der Waals surface area contributed by atoms with Crippen molar-refractivity contribution in [1.29, 1.82) is 0 Å². The van der Waals surface area contributed by atoms with E-state index in [9.17, 15) is 4.79 Å². The fourth-order valence-corrected chi connectivity index (χ4v) is 1.68. The lowest BCUT2D eigenvalue weighted by molar-refractivity contribution is 0.372. The average molecular weight is 237 g/mol. The number of unbranched alkanes of at least 4 members (excludes halogenated alkanes) is 1. The average Bonchev–Trinajstić information content (AvgIpc) is 3.15. The Kier molecular flexibility index (Phi) is 4.14. The van der Waals surface area contributed by atoms with Gasteiger partial charge in [-0.1, -0.05) is 0 Å². The fourth-order valence-electron chi connectivity index (χ4n) is 1.68. The van der Waals surface area contributed by atoms with Crippen LogP contribution < -0.4 is 15.6 Å². The Morgan fingerprint density at radius 1 is 1.47 bits per heavy atom. The highest BCUT2D eigenvalue weighted by molar-refractivity contribution is 5.05. The highest BCUT2D eigenvalue weighted by Crippen LogP contribution is 2.18. The van der Waals surface area contributed by atoms with Crippen LogP contribution in [0.2, 0.25) is 0 Å². The maximum Gasteiger partial charge on any atom is 0.266 e. The Labute approximate surface area is 101 Å². The minimum Gasteiger partial charge on any atom is -0.480 e. The number of hydrogen-bond donors (Lipinski definition) is 1. The molecule has 17 heavy (non-hydrogen) atoms. The first kappa shape index (κ1) is 12.1. The monoisotopic (exact) mass is 237 g/mol. The van der Waals surface area contributed by atoms with Crippen LogP contribution in [-0.4, -0.2) is 29.5 Å². The molecule has 1 aliphatic rings. The molecule has 0 radical (unpaired) electrons. The number of nitrogens with one attached hydrogen (secondary N) is 1. The van der Waals surface area contributed by atoms with Gasteiger partial charge >= 0.3 is 0 Å². The Morgan fingerprint density at radius 2 is 2.29 bits per heavy atom. The largest absolute Gasteiger partial charge is 0.480 e. The Morgan fingerprint density at radius 3 is 3.00 bits per heavy atom. The smallest absolute Gasteiger partial charge is 0.266 e. The van der Waals surface area contributed by atoms with E-state index in [1.54, 1.807) is 13.2 Å². The lowest BCUT2D eigenvalue weighted by Crippen LogP contribution is -2.23. The molecule has 0 aromatic carbocycles. The second-order valence-corrected chi connectivity index (χ2v) is 4.37. The van der Waals surface area contributed by atoms with Crippen LogP contribution in [0, 0.1) is 0 Å². The number of aromatic nitrogens is 2. The second-order valence-electron chi connectivity index (χ2n) is 4.37. The molecule has 2 rings (SSSR count). The Hall–Kier alpha value is -1.36. The summed E-state index contributed by atoms with van der Waals surface area (Å²) in [5, 5.41) is 7.54. The summed E-state index contributed by atoms with van der Waals surface area (Å²) in [6.45, 7) is 1.69. The number of hydrogen-bond acceptors (Lipinski definition) is 4. The zero-order chi connectivity index (χ0) is 12.1. The topological polar surface area (TPSA) is 56.1 Å². The van der Waals surface area contributed by atoms with E-state index in [2.05, 4.69) is 10.4 Å². The van der Waals surface area contributed by atoms with Gasteiger partial charge in [0.25, 0.3) is 5.56 Å². The summed E-state index contributed by atoms with van der Waals surface area (Å²) in [4.78, 5) is 11.5. The summed E-state index contributed by atoms with van der Waals surface area (Å²) in [6.07, 6.45) is 4.66. The van der Waals surface area contributed by atoms with Gasteiger partial charge in [0.2, 0.25) is 5.88 Å². The van der Waals surface area contributed by atoms with Gasteiger partial charge in [-0.3, -0.25) is 4.79 Å². The first-order chi connectivity index (χ1) is 8.29. The summed E-state index contributed by atoms with van der Waals surface area (Å²) in [5.74, 6) is 0.487. The van der Waals surface area contributed by atoms with Crippen LogP contribution in [0.1, 0.15) is 25.7 Å². The summed E-state index contributed by atoms with van der Waals surface area (Å²) in [5.41, 5.74) is -0.0686. The van der Waals surface area contributed by atoms with Crippen LogP contribution in [0.5, 0.6) is 5.88 Å². The number of ether oxygens (including phenoxy) is 1. The molecule has 0 aliphatic heterocycles. The molecule has 0 atom stereocenters. The molecule has 1 aromatic heterocycles. The molecule has 1 N–H and O–H groups in total. The van der Waals surface area contributed by atoms with E-state index in [1.807, 2.05) is 0 Å². The van der Waals surface area contributed by atoms with Gasteiger partial charge in [0.05, 0.1) is 7.11 Å². The first-order valence-electron chi connectivity index (χ1n) is 6.15. The quantitative estimate of drug-likeness (QED) is 0.712. The van der Waals surface area contributed by atoms with Gasteiger partial charge in [-0.05, 0) is 32.2 Å². The lowest BCUT2D eigenvalue weighted by Gasteiger charge is -2.06. The number of rotatable bonds is 7. The van der Waals surface area contributed by atoms with Gasteiger partial charge in [-0.2, -0.15) is 0 Å². The molecule has 0 saturated heterocycles. The maximum absolute atomic E-state index is 11.5. The minimum absolute atomic E-state index is 0.0686. The van der Waals surface area contributed by atoms with E-state index in [0.29, 0.717) is 12.4 Å². The number of methoxy groups -OCH3 is 1. The minimum atomic E-state index is -0.0686. The summed E-state index contributed by atoms with van der Waals surface area (Å²) < 4.78 is 6.46. The summed E-state index contributed by atoms with van der Waals surface area (Å²) in [7, 11) is 1.55. The van der Waals surface area contributed by atoms with Gasteiger partial charge in [-0.15, -0.1) is 5.10 Å². The van der Waals surface area contributed by atoms with Crippen LogP contribution in [0.4, 0.5) is 0 Å². The van der Waals surface area contributed by atoms with Crippen molar-refractivity contribution in [2.24, 2.45) is 0 Å². The predicted octanol–water partition coefficient (Wildman–Crippen LogP) is 0.784. The fraction of sp³-hybridized carbons (Fsp3) is 0.667. The predicted molar refractivity (Wildman–Crippen MR) is 65.3 cm³/mol. The molecule has 5 heteroatoms. The van der Waals surface area contributed by atoms with E-state index in [4.69, 9.17) is 4.74 Å². The number of aryl methyl sites for hydroxylation is 1. The van der Waals surface area contributed by atoms with Crippen LogP contribution >= 0.6 is 0 Å². The maximum atomic E-state index is 11.5. The van der Waals surface area contributed by atoms with Crippen molar-refractivity contribution in [3.63, 3.8) is 0 Å². The van der Waals surface area contributed by atoms with Gasteiger partial charge in [0.15, 0.2) is 0 Å². The molecule has 1 saturated carbocycles. The van der Waals surface area contributed by atoms with Crippen molar-refractivity contribution in [3.05, 3.63) is 22.5 Å². The molecular formula is C12H19N3O2. The van der Waals surface area contributed by atoms with Crippen LogP contribution in [0.15, 0.2) is 16.9 Å². The molecule has 5 nitrogen and oxygen atoms in total. The third-order valence-corrected chi connectivity index (χ3v) is 2.86. The van der Waals surface area contributed by atoms with Gasteiger partial charge in [0.1, 0.15) is 0 Å². The summed E-state index contributed by atoms with van der Waals surface area (Å²) >= 11 is 0. The molecule has 1 heterocycles. The van der Waals surface area contributed by atoms with E-state index < -0.39 is 0 Å². The molecule has 0 unspecified atom stereocenters. The first-order valence-corrected chi connectivity index (χ1v) is 6.15. The van der Waals surface area contributed by atoms with Gasteiger partial charge in [0, 0.05) is 24.7 Å². The van der Waals surface area contributed by atoms with E-state index in [0.717, 1.165) is 25.4 Å². The zero-order valence-electron chi connectivity index (χ0n) is 10.2. The molecule has 0 bridgehead atoms. The van der Waals surface area contributed by atoms with E-state index in [1.165, 1.54) is 23.6 Å². The summed E-state index contributed by atoms with van der Waals surface area (Å²) in [6, 6.07) is 3.84. The molecular weight excluding hydrogens is 218 g/mol. The molecule has 1 fully saturated rings. The third-order valence-electron chi connectivity index (χ3n) is 2.86. The molecule has 0 spiro atoms. The Balaban J connectivity index is 1.74. The molecule has 1 aromatic rings. The van der Waals surface area contributed by atoms with Crippen molar-refractivity contribution >= 4 is 0 Å². The normalized spacial score (nSPS) is 14.9. The SMILES string of the molecule is COc1ccc(=O)n(CCCCNC2CC2)n1. The van der Waals surface area contributed by atoms with Crippen molar-refractivity contribution in [2.75, 3.05) is 13.7 Å². The highest BCUT2D eigenvalue weighted by Gasteiger charge is 2.19. The van der Waals surface area contributed by atoms with E-state index >= 15 is 0 Å². The number of nitrogens with zero attached hydrogens (tertiary/aromatic N) is 2. The van der Waals surface area contributed by atoms with Crippen LogP contribution in [0.25, 0.3) is 0 Å². The molecule has 94 valence electrons. The Bertz CT molecular complexity index is 412. The van der Waals surface area contributed by atoms with Crippen molar-refractivity contribution in [3.8, 4) is 5.88 Å². The van der Waals surface area contributed by atoms with Gasteiger partial charge < -0.3 is 10.1 Å². The molecule has 0 amide bonds. The van der Waals surface area contributed by atoms with E-state index in [-0.39, 0.29) is 5.56 Å². The highest BCUT2D eigenvalue weighted by atomic mass is 16.5. The zero-order valence-corrected chi connectivity index (χ0v) is 10.2. The third kappa shape index (κ3) is 3.85. The van der Waals surface area contributed by atoms with Crippen molar-refractivity contribution in [2.45, 2.75) is 38.3 Å². The van der Waals surface area contributed by atoms with Crippen molar-refractivity contribution < 1.29 is 4.74 Å². The van der Waals surface area contributed by atoms with Crippen LogP contribution in [-0.2, 0) is 6.54 Å². The second kappa shape index (κ2) is 5.82. The van der Waals surface area contributed by atoms with Gasteiger partial charge in [-0.25, -0.2) is 4.68 Å². The van der Waals surface area contributed by atoms with Crippen LogP contribution in [0.3, 0.4) is 0 Å².